The lowest BCUT2D eigenvalue weighted by molar-refractivity contribution is 0.00883. The van der Waals surface area contributed by atoms with Gasteiger partial charge in [-0.25, -0.2) is 17.9 Å². The Labute approximate surface area is 201 Å². The van der Waals surface area contributed by atoms with Crippen LogP contribution in [0.2, 0.25) is 0 Å². The highest BCUT2D eigenvalue weighted by molar-refractivity contribution is 7.89. The maximum Gasteiger partial charge on any atom is 0.412 e. The first-order valence-electron chi connectivity index (χ1n) is 11.0. The van der Waals surface area contributed by atoms with Crippen molar-refractivity contribution in [1.82, 2.24) is 9.71 Å². The van der Waals surface area contributed by atoms with Crippen LogP contribution >= 0.6 is 0 Å². The number of benzene rings is 2. The van der Waals surface area contributed by atoms with Crippen LogP contribution < -0.4 is 10.0 Å². The van der Waals surface area contributed by atoms with Crippen molar-refractivity contribution in [2.45, 2.75) is 36.2 Å². The number of Topliss-reactive ketones (excluding diaryl/α,β-unsaturated/α-hetero) is 1. The predicted octanol–water partition coefficient (Wildman–Crippen LogP) is 2.50. The van der Waals surface area contributed by atoms with Crippen LogP contribution in [-0.4, -0.2) is 62.8 Å². The first-order chi connectivity index (χ1) is 16.8. The summed E-state index contributed by atoms with van der Waals surface area (Å²) in [4.78, 5) is 28.2. The number of nitrogens with one attached hydrogen (secondary N) is 2. The van der Waals surface area contributed by atoms with E-state index in [0.717, 1.165) is 0 Å². The van der Waals surface area contributed by atoms with Gasteiger partial charge in [-0.05, 0) is 31.2 Å². The highest BCUT2D eigenvalue weighted by Crippen LogP contribution is 2.31. The second kappa shape index (κ2) is 9.34. The van der Waals surface area contributed by atoms with Gasteiger partial charge in [0.05, 0.1) is 24.8 Å². The number of carbonyl (C=O) groups excluding carboxylic acids is 2. The van der Waals surface area contributed by atoms with Crippen LogP contribution in [0.25, 0.3) is 10.9 Å². The Bertz CT molecular complexity index is 1390. The molecule has 4 unspecified atom stereocenters. The smallest absolute Gasteiger partial charge is 0.412 e. The Morgan fingerprint density at radius 1 is 1.03 bits per heavy atom. The van der Waals surface area contributed by atoms with Crippen LogP contribution in [0.5, 0.6) is 0 Å². The lowest BCUT2D eigenvalue weighted by Gasteiger charge is -2.18. The molecule has 0 aliphatic carbocycles. The minimum atomic E-state index is -3.92. The van der Waals surface area contributed by atoms with Gasteiger partial charge >= 0.3 is 6.09 Å². The summed E-state index contributed by atoms with van der Waals surface area (Å²) < 4.78 is 45.9. The molecule has 2 fully saturated rings. The van der Waals surface area contributed by atoms with Crippen molar-refractivity contribution in [3.63, 3.8) is 0 Å². The number of sulfonamides is 1. The molecule has 2 aliphatic heterocycles. The van der Waals surface area contributed by atoms with E-state index >= 15 is 0 Å². The number of pyridine rings is 1. The standard InChI is InChI=1S/C24H23N3O7S/c1-14(28)16-6-2-8-17(11-16)26-24(29)34-19-13-33-22-18(12-32-23(19)22)27-35(30,31)20-9-3-5-15-7-4-10-25-21(15)20/h2-11,18-19,22-23,27H,12-13H2,1H3,(H,26,29). The van der Waals surface area contributed by atoms with Crippen LogP contribution in [0.1, 0.15) is 17.3 Å². The second-order valence-electron chi connectivity index (χ2n) is 8.36. The number of rotatable bonds is 6. The molecule has 3 heterocycles. The van der Waals surface area contributed by atoms with Gasteiger partial charge in [-0.2, -0.15) is 0 Å². The van der Waals surface area contributed by atoms with E-state index in [-0.39, 0.29) is 23.9 Å². The number of ketones is 1. The zero-order valence-corrected chi connectivity index (χ0v) is 19.5. The molecule has 0 spiro atoms. The van der Waals surface area contributed by atoms with Gasteiger partial charge in [-0.3, -0.25) is 15.1 Å². The fourth-order valence-electron chi connectivity index (χ4n) is 4.32. The average Bonchev–Trinajstić information content (AvgIpc) is 3.42. The quantitative estimate of drug-likeness (QED) is 0.497. The molecule has 5 rings (SSSR count). The Hall–Kier alpha value is -3.38. The van der Waals surface area contributed by atoms with Crippen LogP contribution in [-0.2, 0) is 24.2 Å². The highest BCUT2D eigenvalue weighted by atomic mass is 32.2. The number of fused-ring (bicyclic) bond motifs is 2. The summed E-state index contributed by atoms with van der Waals surface area (Å²) >= 11 is 0. The number of carbonyl (C=O) groups is 2. The number of hydrogen-bond acceptors (Lipinski definition) is 8. The molecular weight excluding hydrogens is 474 g/mol. The Morgan fingerprint density at radius 3 is 2.63 bits per heavy atom. The first-order valence-corrected chi connectivity index (χ1v) is 12.5. The van der Waals surface area contributed by atoms with Gasteiger partial charge in [0, 0.05) is 22.8 Å². The molecule has 35 heavy (non-hydrogen) atoms. The van der Waals surface area contributed by atoms with Crippen molar-refractivity contribution in [1.29, 1.82) is 0 Å². The van der Waals surface area contributed by atoms with E-state index in [1.54, 1.807) is 54.7 Å². The van der Waals surface area contributed by atoms with E-state index in [1.165, 1.54) is 13.0 Å². The zero-order chi connectivity index (χ0) is 24.6. The molecule has 1 amide bonds. The summed E-state index contributed by atoms with van der Waals surface area (Å²) in [5.41, 5.74) is 1.25. The van der Waals surface area contributed by atoms with Gasteiger partial charge in [0.25, 0.3) is 0 Å². The van der Waals surface area contributed by atoms with E-state index in [0.29, 0.717) is 22.2 Å². The molecular formula is C24H23N3O7S. The third kappa shape index (κ3) is 4.76. The van der Waals surface area contributed by atoms with Gasteiger partial charge in [0.15, 0.2) is 11.9 Å². The number of para-hydroxylation sites is 1. The average molecular weight is 498 g/mol. The van der Waals surface area contributed by atoms with Crippen molar-refractivity contribution < 1.29 is 32.2 Å². The number of nitrogens with zero attached hydrogens (tertiary/aromatic N) is 1. The number of anilines is 1. The lowest BCUT2D eigenvalue weighted by atomic mass is 10.1. The Kier molecular flexibility index (Phi) is 6.24. The molecule has 2 N–H and O–H groups in total. The molecule has 3 aromatic rings. The monoisotopic (exact) mass is 497 g/mol. The van der Waals surface area contributed by atoms with Crippen molar-refractivity contribution in [2.24, 2.45) is 0 Å². The van der Waals surface area contributed by atoms with Crippen molar-refractivity contribution in [2.75, 3.05) is 18.5 Å². The molecule has 2 aliphatic rings. The summed E-state index contributed by atoms with van der Waals surface area (Å²) in [5.74, 6) is -0.124. The molecule has 10 nitrogen and oxygen atoms in total. The summed E-state index contributed by atoms with van der Waals surface area (Å²) in [7, 11) is -3.92. The van der Waals surface area contributed by atoms with Crippen molar-refractivity contribution >= 4 is 38.5 Å². The highest BCUT2D eigenvalue weighted by Gasteiger charge is 2.50. The Morgan fingerprint density at radius 2 is 1.80 bits per heavy atom. The summed E-state index contributed by atoms with van der Waals surface area (Å²) in [6.45, 7) is 1.56. The maximum absolute atomic E-state index is 13.1. The molecule has 0 bridgehead atoms. The minimum Gasteiger partial charge on any atom is -0.441 e. The number of hydrogen-bond donors (Lipinski definition) is 2. The zero-order valence-electron chi connectivity index (χ0n) is 18.7. The van der Waals surface area contributed by atoms with Gasteiger partial charge in [0.2, 0.25) is 10.0 Å². The molecule has 4 atom stereocenters. The molecule has 2 saturated heterocycles. The lowest BCUT2D eigenvalue weighted by Crippen LogP contribution is -2.44. The minimum absolute atomic E-state index is 0.0598. The normalized spacial score (nSPS) is 23.7. The Balaban J connectivity index is 1.24. The van der Waals surface area contributed by atoms with Crippen molar-refractivity contribution in [3.8, 4) is 0 Å². The molecule has 1 aromatic heterocycles. The van der Waals surface area contributed by atoms with Gasteiger partial charge in [-0.1, -0.05) is 30.3 Å². The van der Waals surface area contributed by atoms with E-state index in [9.17, 15) is 18.0 Å². The van der Waals surface area contributed by atoms with Crippen LogP contribution in [0.15, 0.2) is 65.7 Å². The van der Waals surface area contributed by atoms with Crippen LogP contribution in [0.3, 0.4) is 0 Å². The van der Waals surface area contributed by atoms with E-state index in [4.69, 9.17) is 14.2 Å². The summed E-state index contributed by atoms with van der Waals surface area (Å²) in [6, 6.07) is 14.3. The molecule has 2 aromatic carbocycles. The third-order valence-corrected chi connectivity index (χ3v) is 7.50. The summed E-state index contributed by atoms with van der Waals surface area (Å²) in [5, 5.41) is 3.30. The fourth-order valence-corrected chi connectivity index (χ4v) is 5.73. The van der Waals surface area contributed by atoms with Crippen LogP contribution in [0.4, 0.5) is 10.5 Å². The number of aromatic nitrogens is 1. The van der Waals surface area contributed by atoms with Crippen molar-refractivity contribution in [3.05, 3.63) is 66.4 Å². The number of amides is 1. The molecule has 0 saturated carbocycles. The SMILES string of the molecule is CC(=O)c1cccc(NC(=O)OC2COC3C(NS(=O)(=O)c4cccc5cccnc45)COC23)c1. The molecule has 11 heteroatoms. The third-order valence-electron chi connectivity index (χ3n) is 5.97. The predicted molar refractivity (Wildman–Crippen MR) is 126 cm³/mol. The molecule has 182 valence electrons. The van der Waals surface area contributed by atoms with E-state index in [1.807, 2.05) is 0 Å². The van der Waals surface area contributed by atoms with Gasteiger partial charge < -0.3 is 14.2 Å². The maximum atomic E-state index is 13.1. The first kappa shape index (κ1) is 23.4. The summed E-state index contributed by atoms with van der Waals surface area (Å²) in [6.07, 6.45) is -1.15. The van der Waals surface area contributed by atoms with E-state index < -0.39 is 40.5 Å². The molecule has 0 radical (unpaired) electrons. The fraction of sp³-hybridized carbons (Fsp3) is 0.292. The van der Waals surface area contributed by atoms with Crippen LogP contribution in [0, 0.1) is 0 Å². The largest absolute Gasteiger partial charge is 0.441 e. The topological polar surface area (TPSA) is 133 Å². The van der Waals surface area contributed by atoms with Gasteiger partial charge in [-0.15, -0.1) is 0 Å². The van der Waals surface area contributed by atoms with Gasteiger partial charge in [0.1, 0.15) is 17.1 Å². The number of ether oxygens (including phenoxy) is 3. The second-order valence-corrected chi connectivity index (χ2v) is 10.0. The van der Waals surface area contributed by atoms with E-state index in [2.05, 4.69) is 15.0 Å².